The topological polar surface area (TPSA) is 43.6 Å². The Kier molecular flexibility index (Phi) is 8.00. The van der Waals surface area contributed by atoms with Gasteiger partial charge in [-0.25, -0.2) is 15.0 Å². The molecule has 4 heterocycles. The van der Waals surface area contributed by atoms with Crippen molar-refractivity contribution in [3.05, 3.63) is 206 Å². The highest BCUT2D eigenvalue weighted by molar-refractivity contribution is 7.26. The molecule has 0 saturated heterocycles. The average molecular weight is 783 g/mol. The second kappa shape index (κ2) is 14.0. The number of benzene rings is 8. The van der Waals surface area contributed by atoms with Crippen molar-refractivity contribution < 1.29 is 0 Å². The van der Waals surface area contributed by atoms with Crippen molar-refractivity contribution in [3.8, 4) is 62.0 Å². The van der Waals surface area contributed by atoms with Crippen LogP contribution in [0.3, 0.4) is 0 Å². The van der Waals surface area contributed by atoms with Crippen LogP contribution in [-0.2, 0) is 0 Å². The van der Waals surface area contributed by atoms with Crippen LogP contribution < -0.4 is 0 Å². The first kappa shape index (κ1) is 34.3. The van der Waals surface area contributed by atoms with Gasteiger partial charge in [-0.3, -0.25) is 0 Å². The van der Waals surface area contributed by atoms with E-state index in [0.717, 1.165) is 56.0 Å². The monoisotopic (exact) mass is 782 g/mol. The van der Waals surface area contributed by atoms with Crippen LogP contribution in [0.2, 0.25) is 0 Å². The minimum Gasteiger partial charge on any atom is -0.300 e. The number of pyridine rings is 1. The minimum atomic E-state index is 0.712. The van der Waals surface area contributed by atoms with Crippen LogP contribution >= 0.6 is 11.3 Å². The highest BCUT2D eigenvalue weighted by Crippen LogP contribution is 2.48. The Labute approximate surface area is 350 Å². The Morgan fingerprint density at radius 3 is 1.67 bits per heavy atom. The summed E-state index contributed by atoms with van der Waals surface area (Å²) in [4.78, 5) is 16.6. The minimum absolute atomic E-state index is 0.712. The van der Waals surface area contributed by atoms with E-state index in [2.05, 4.69) is 174 Å². The molecule has 12 aromatic rings. The van der Waals surface area contributed by atoms with Gasteiger partial charge in [-0.15, -0.1) is 11.3 Å². The van der Waals surface area contributed by atoms with Crippen LogP contribution in [0.1, 0.15) is 0 Å². The Hall–Kier alpha value is -7.73. The lowest BCUT2D eigenvalue weighted by atomic mass is 9.99. The Balaban J connectivity index is 0.962. The molecule has 0 aliphatic heterocycles. The second-order valence-electron chi connectivity index (χ2n) is 15.2. The molecule has 280 valence electrons. The Morgan fingerprint density at radius 1 is 0.383 bits per heavy atom. The summed E-state index contributed by atoms with van der Waals surface area (Å²) in [6.45, 7) is 0. The summed E-state index contributed by atoms with van der Waals surface area (Å²) in [6.07, 6.45) is 0. The number of thiophene rings is 1. The molecule has 0 N–H and O–H groups in total. The molecule has 0 aliphatic carbocycles. The van der Waals surface area contributed by atoms with Gasteiger partial charge in [0.1, 0.15) is 4.83 Å². The standard InChI is InChI=1S/C55H34N4S/c1-3-15-38(16-4-1)46-34-47(58-54(57-46)41-17-5-2-6-18-41)39-30-26-35(27-31-39)36-28-32-40(33-29-36)52-53-50(43-21-9-11-23-45(43)56-52)51-44-22-10-12-24-49(44)59(55(51)60-53)48-25-13-19-37-14-7-8-20-42(37)48/h1-34H. The fourth-order valence-electron chi connectivity index (χ4n) is 8.75. The smallest absolute Gasteiger partial charge is 0.160 e. The van der Waals surface area contributed by atoms with E-state index >= 15 is 0 Å². The lowest BCUT2D eigenvalue weighted by molar-refractivity contribution is 1.18. The number of rotatable bonds is 6. The van der Waals surface area contributed by atoms with E-state index in [1.807, 2.05) is 47.7 Å². The van der Waals surface area contributed by atoms with Gasteiger partial charge in [0.05, 0.1) is 38.5 Å². The molecule has 4 aromatic heterocycles. The zero-order valence-electron chi connectivity index (χ0n) is 32.3. The molecule has 0 radical (unpaired) electrons. The lowest BCUT2D eigenvalue weighted by Crippen LogP contribution is -1.95. The van der Waals surface area contributed by atoms with Crippen molar-refractivity contribution in [1.29, 1.82) is 0 Å². The first-order valence-electron chi connectivity index (χ1n) is 20.2. The lowest BCUT2D eigenvalue weighted by Gasteiger charge is -2.11. The van der Waals surface area contributed by atoms with E-state index in [1.54, 1.807) is 0 Å². The zero-order valence-corrected chi connectivity index (χ0v) is 33.1. The Bertz CT molecular complexity index is 3510. The van der Waals surface area contributed by atoms with E-state index in [1.165, 1.54) is 53.1 Å². The van der Waals surface area contributed by atoms with Crippen LogP contribution in [0.4, 0.5) is 0 Å². The molecule has 8 aromatic carbocycles. The number of hydrogen-bond acceptors (Lipinski definition) is 4. The normalized spacial score (nSPS) is 11.7. The molecule has 0 aliphatic rings. The number of aromatic nitrogens is 4. The van der Waals surface area contributed by atoms with E-state index in [0.29, 0.717) is 5.82 Å². The van der Waals surface area contributed by atoms with Gasteiger partial charge in [0.15, 0.2) is 5.82 Å². The molecule has 0 unspecified atom stereocenters. The van der Waals surface area contributed by atoms with Crippen molar-refractivity contribution >= 4 is 64.2 Å². The van der Waals surface area contributed by atoms with Gasteiger partial charge in [-0.2, -0.15) is 0 Å². The predicted molar refractivity (Wildman–Crippen MR) is 252 cm³/mol. The van der Waals surface area contributed by atoms with Gasteiger partial charge in [-0.05, 0) is 40.8 Å². The molecule has 0 bridgehead atoms. The van der Waals surface area contributed by atoms with Gasteiger partial charge in [0.25, 0.3) is 0 Å². The molecule has 0 atom stereocenters. The predicted octanol–water partition coefficient (Wildman–Crippen LogP) is 14.8. The summed E-state index contributed by atoms with van der Waals surface area (Å²) < 4.78 is 3.67. The van der Waals surface area contributed by atoms with Crippen molar-refractivity contribution in [2.75, 3.05) is 0 Å². The maximum Gasteiger partial charge on any atom is 0.160 e. The van der Waals surface area contributed by atoms with E-state index in [-0.39, 0.29) is 0 Å². The van der Waals surface area contributed by atoms with E-state index in [4.69, 9.17) is 15.0 Å². The molecule has 0 fully saturated rings. The number of hydrogen-bond donors (Lipinski definition) is 0. The third-order valence-corrected chi connectivity index (χ3v) is 12.8. The fourth-order valence-corrected chi connectivity index (χ4v) is 10.1. The second-order valence-corrected chi connectivity index (χ2v) is 16.2. The average Bonchev–Trinajstić information content (AvgIpc) is 3.87. The highest BCUT2D eigenvalue weighted by atomic mass is 32.1. The summed E-state index contributed by atoms with van der Waals surface area (Å²) in [5, 5.41) is 7.44. The molecule has 0 amide bonds. The summed E-state index contributed by atoms with van der Waals surface area (Å²) in [5.41, 5.74) is 12.7. The van der Waals surface area contributed by atoms with Crippen molar-refractivity contribution in [3.63, 3.8) is 0 Å². The van der Waals surface area contributed by atoms with E-state index < -0.39 is 0 Å². The fraction of sp³-hybridized carbons (Fsp3) is 0. The molecule has 0 saturated carbocycles. The molecule has 0 spiro atoms. The molecule has 4 nitrogen and oxygen atoms in total. The van der Waals surface area contributed by atoms with Gasteiger partial charge >= 0.3 is 0 Å². The Morgan fingerprint density at radius 2 is 0.933 bits per heavy atom. The summed E-state index contributed by atoms with van der Waals surface area (Å²) in [7, 11) is 0. The molecular weight excluding hydrogens is 749 g/mol. The molecule has 5 heteroatoms. The van der Waals surface area contributed by atoms with E-state index in [9.17, 15) is 0 Å². The van der Waals surface area contributed by atoms with Crippen LogP contribution in [0.5, 0.6) is 0 Å². The SMILES string of the molecule is c1ccc(-c2cc(-c3ccc(-c4ccc(-c5nc6ccccc6c6c5sc5c6c6ccccc6n5-c5cccc6ccccc56)cc4)cc3)nc(-c3ccccc3)n2)cc1. The quantitative estimate of drug-likeness (QED) is 0.169. The van der Waals surface area contributed by atoms with Crippen molar-refractivity contribution in [2.45, 2.75) is 0 Å². The van der Waals surface area contributed by atoms with Crippen molar-refractivity contribution in [2.24, 2.45) is 0 Å². The van der Waals surface area contributed by atoms with Gasteiger partial charge in [-0.1, -0.05) is 182 Å². The first-order chi connectivity index (χ1) is 29.7. The van der Waals surface area contributed by atoms with Crippen LogP contribution in [-0.4, -0.2) is 19.5 Å². The third-order valence-electron chi connectivity index (χ3n) is 11.6. The summed E-state index contributed by atoms with van der Waals surface area (Å²) in [6, 6.07) is 72.9. The molecule has 60 heavy (non-hydrogen) atoms. The van der Waals surface area contributed by atoms with Gasteiger partial charge < -0.3 is 4.57 Å². The first-order valence-corrected chi connectivity index (χ1v) is 21.0. The summed E-state index contributed by atoms with van der Waals surface area (Å²) >= 11 is 1.84. The van der Waals surface area contributed by atoms with Gasteiger partial charge in [0, 0.05) is 49.2 Å². The van der Waals surface area contributed by atoms with Gasteiger partial charge in [0.2, 0.25) is 0 Å². The molecule has 12 rings (SSSR count). The number of para-hydroxylation sites is 2. The van der Waals surface area contributed by atoms with Crippen molar-refractivity contribution in [1.82, 2.24) is 19.5 Å². The maximum atomic E-state index is 5.38. The number of nitrogens with zero attached hydrogens (tertiary/aromatic N) is 4. The number of fused-ring (bicyclic) bond motifs is 8. The van der Waals surface area contributed by atoms with Crippen LogP contribution in [0, 0.1) is 0 Å². The molecular formula is C55H34N4S. The highest BCUT2D eigenvalue weighted by Gasteiger charge is 2.23. The third kappa shape index (κ3) is 5.63. The largest absolute Gasteiger partial charge is 0.300 e. The van der Waals surface area contributed by atoms with Crippen LogP contribution in [0.25, 0.3) is 115 Å². The summed E-state index contributed by atoms with van der Waals surface area (Å²) in [5.74, 6) is 0.712. The maximum absolute atomic E-state index is 5.38. The zero-order chi connectivity index (χ0) is 39.6. The van der Waals surface area contributed by atoms with Crippen LogP contribution in [0.15, 0.2) is 206 Å².